The van der Waals surface area contributed by atoms with Crippen LogP contribution in [-0.2, 0) is 0 Å². The lowest BCUT2D eigenvalue weighted by Crippen LogP contribution is -2.26. The molecule has 0 spiro atoms. The fourth-order valence-corrected chi connectivity index (χ4v) is 2.69. The summed E-state index contributed by atoms with van der Waals surface area (Å²) in [7, 11) is 0. The topological polar surface area (TPSA) is 44.9 Å². The fourth-order valence-electron chi connectivity index (χ4n) is 2.69. The Morgan fingerprint density at radius 1 is 1.22 bits per heavy atom. The van der Waals surface area contributed by atoms with Gasteiger partial charge < -0.3 is 10.3 Å². The monoisotopic (exact) mass is 242 g/mol. The smallest absolute Gasteiger partial charge is 0.251 e. The van der Waals surface area contributed by atoms with Crippen LogP contribution in [0.5, 0.6) is 0 Å². The quantitative estimate of drug-likeness (QED) is 0.807. The minimum absolute atomic E-state index is 0.00559. The Morgan fingerprint density at radius 2 is 2.11 bits per heavy atom. The van der Waals surface area contributed by atoms with Crippen LogP contribution in [0.3, 0.4) is 0 Å². The number of benzene rings is 1. The van der Waals surface area contributed by atoms with Crippen molar-refractivity contribution < 1.29 is 0 Å². The third-order valence-corrected chi connectivity index (χ3v) is 3.77. The molecule has 3 heteroatoms. The van der Waals surface area contributed by atoms with E-state index in [0.717, 1.165) is 23.0 Å². The Labute approximate surface area is 106 Å². The van der Waals surface area contributed by atoms with Crippen molar-refractivity contribution >= 4 is 10.9 Å². The van der Waals surface area contributed by atoms with Crippen LogP contribution in [0.4, 0.5) is 0 Å². The lowest BCUT2D eigenvalue weighted by Gasteiger charge is -2.24. The van der Waals surface area contributed by atoms with E-state index in [9.17, 15) is 4.79 Å². The maximum Gasteiger partial charge on any atom is 0.251 e. The minimum Gasteiger partial charge on any atom is -0.322 e. The van der Waals surface area contributed by atoms with Crippen molar-refractivity contribution in [2.24, 2.45) is 0 Å². The van der Waals surface area contributed by atoms with E-state index in [2.05, 4.69) is 22.4 Å². The van der Waals surface area contributed by atoms with E-state index in [1.165, 1.54) is 24.8 Å². The molecule has 1 atom stereocenters. The standard InChI is InChI=1S/C15H18N2O/c1-10-8-12-9-11(13-4-2-3-7-16-13)5-6-14(12)17-15(10)18/h5-6,8-9,13,16H,2-4,7H2,1H3,(H,17,18). The van der Waals surface area contributed by atoms with Crippen molar-refractivity contribution in [3.05, 3.63) is 45.7 Å². The predicted molar refractivity (Wildman–Crippen MR) is 73.9 cm³/mol. The van der Waals surface area contributed by atoms with Crippen LogP contribution >= 0.6 is 0 Å². The van der Waals surface area contributed by atoms with Crippen molar-refractivity contribution in [3.8, 4) is 0 Å². The Bertz CT molecular complexity index is 624. The van der Waals surface area contributed by atoms with Crippen molar-refractivity contribution in [3.63, 3.8) is 0 Å². The van der Waals surface area contributed by atoms with Gasteiger partial charge in [0.25, 0.3) is 5.56 Å². The van der Waals surface area contributed by atoms with Crippen LogP contribution in [-0.4, -0.2) is 11.5 Å². The molecule has 2 N–H and O–H groups in total. The third-order valence-electron chi connectivity index (χ3n) is 3.77. The summed E-state index contributed by atoms with van der Waals surface area (Å²) in [4.78, 5) is 14.5. The zero-order chi connectivity index (χ0) is 12.5. The van der Waals surface area contributed by atoms with Crippen LogP contribution in [0.1, 0.15) is 36.4 Å². The summed E-state index contributed by atoms with van der Waals surface area (Å²) in [6.45, 7) is 2.96. The van der Waals surface area contributed by atoms with E-state index in [4.69, 9.17) is 0 Å². The molecule has 0 amide bonds. The maximum absolute atomic E-state index is 11.6. The number of rotatable bonds is 1. The second-order valence-electron chi connectivity index (χ2n) is 5.13. The number of nitrogens with one attached hydrogen (secondary N) is 2. The van der Waals surface area contributed by atoms with Gasteiger partial charge in [-0.2, -0.15) is 0 Å². The highest BCUT2D eigenvalue weighted by Crippen LogP contribution is 2.25. The van der Waals surface area contributed by atoms with Gasteiger partial charge in [0.2, 0.25) is 0 Å². The minimum atomic E-state index is 0.00559. The molecule has 1 aromatic carbocycles. The first-order valence-corrected chi connectivity index (χ1v) is 6.61. The maximum atomic E-state index is 11.6. The Morgan fingerprint density at radius 3 is 2.89 bits per heavy atom. The van der Waals surface area contributed by atoms with Crippen LogP contribution in [0.15, 0.2) is 29.1 Å². The molecule has 2 heterocycles. The number of aryl methyl sites for hydroxylation is 1. The Hall–Kier alpha value is -1.61. The number of aromatic amines is 1. The average Bonchev–Trinajstić information content (AvgIpc) is 2.41. The van der Waals surface area contributed by atoms with Gasteiger partial charge in [-0.3, -0.25) is 4.79 Å². The second-order valence-corrected chi connectivity index (χ2v) is 5.13. The van der Waals surface area contributed by atoms with Crippen LogP contribution < -0.4 is 10.9 Å². The molecule has 1 saturated heterocycles. The SMILES string of the molecule is Cc1cc2cc(C3CCCCN3)ccc2[nH]c1=O. The summed E-state index contributed by atoms with van der Waals surface area (Å²) in [6, 6.07) is 8.77. The lowest BCUT2D eigenvalue weighted by atomic mass is 9.96. The molecule has 0 saturated carbocycles. The van der Waals surface area contributed by atoms with E-state index in [1.807, 2.05) is 19.1 Å². The summed E-state index contributed by atoms with van der Waals surface area (Å²) in [5.74, 6) is 0. The largest absolute Gasteiger partial charge is 0.322 e. The molecule has 18 heavy (non-hydrogen) atoms. The van der Waals surface area contributed by atoms with Crippen molar-refractivity contribution in [2.45, 2.75) is 32.2 Å². The first-order chi connectivity index (χ1) is 8.74. The van der Waals surface area contributed by atoms with Gasteiger partial charge in [0, 0.05) is 17.1 Å². The van der Waals surface area contributed by atoms with Gasteiger partial charge in [-0.05, 0) is 55.5 Å². The zero-order valence-corrected chi connectivity index (χ0v) is 10.6. The summed E-state index contributed by atoms with van der Waals surface area (Å²) in [5.41, 5.74) is 3.03. The molecular formula is C15H18N2O. The lowest BCUT2D eigenvalue weighted by molar-refractivity contribution is 0.412. The third kappa shape index (κ3) is 2.06. The number of hydrogen-bond donors (Lipinski definition) is 2. The molecule has 1 unspecified atom stereocenters. The molecule has 0 aliphatic carbocycles. The van der Waals surface area contributed by atoms with Crippen molar-refractivity contribution in [1.82, 2.24) is 10.3 Å². The summed E-state index contributed by atoms with van der Waals surface area (Å²) >= 11 is 0. The number of piperidine rings is 1. The van der Waals surface area contributed by atoms with Gasteiger partial charge >= 0.3 is 0 Å². The molecule has 0 radical (unpaired) electrons. The van der Waals surface area contributed by atoms with E-state index in [0.29, 0.717) is 6.04 Å². The highest BCUT2D eigenvalue weighted by molar-refractivity contribution is 5.79. The van der Waals surface area contributed by atoms with E-state index in [1.54, 1.807) is 0 Å². The average molecular weight is 242 g/mol. The molecule has 1 aromatic heterocycles. The van der Waals surface area contributed by atoms with Gasteiger partial charge in [-0.1, -0.05) is 12.5 Å². The van der Waals surface area contributed by atoms with Crippen molar-refractivity contribution in [1.29, 1.82) is 0 Å². The normalized spacial score (nSPS) is 20.2. The number of hydrogen-bond acceptors (Lipinski definition) is 2. The Kier molecular flexibility index (Phi) is 2.92. The molecule has 1 aliphatic heterocycles. The van der Waals surface area contributed by atoms with Crippen LogP contribution in [0.25, 0.3) is 10.9 Å². The molecule has 1 aliphatic rings. The number of H-pyrrole nitrogens is 1. The first-order valence-electron chi connectivity index (χ1n) is 6.61. The number of fused-ring (bicyclic) bond motifs is 1. The molecular weight excluding hydrogens is 224 g/mol. The molecule has 3 nitrogen and oxygen atoms in total. The highest BCUT2D eigenvalue weighted by Gasteiger charge is 2.14. The van der Waals surface area contributed by atoms with E-state index in [-0.39, 0.29) is 5.56 Å². The second kappa shape index (κ2) is 4.58. The number of aromatic nitrogens is 1. The Balaban J connectivity index is 2.04. The van der Waals surface area contributed by atoms with Crippen molar-refractivity contribution in [2.75, 3.05) is 6.54 Å². The van der Waals surface area contributed by atoms with Crippen LogP contribution in [0.2, 0.25) is 0 Å². The number of pyridine rings is 1. The highest BCUT2D eigenvalue weighted by atomic mass is 16.1. The van der Waals surface area contributed by atoms with Gasteiger partial charge in [-0.25, -0.2) is 0 Å². The summed E-state index contributed by atoms with van der Waals surface area (Å²) < 4.78 is 0. The van der Waals surface area contributed by atoms with Gasteiger partial charge in [-0.15, -0.1) is 0 Å². The molecule has 1 fully saturated rings. The van der Waals surface area contributed by atoms with Gasteiger partial charge in [0.15, 0.2) is 0 Å². The van der Waals surface area contributed by atoms with Gasteiger partial charge in [0.05, 0.1) is 0 Å². The summed E-state index contributed by atoms with van der Waals surface area (Å²) in [6.07, 6.45) is 3.77. The van der Waals surface area contributed by atoms with Crippen LogP contribution in [0, 0.1) is 6.92 Å². The molecule has 0 bridgehead atoms. The summed E-state index contributed by atoms with van der Waals surface area (Å²) in [5, 5.41) is 4.68. The first kappa shape index (κ1) is 11.5. The molecule has 3 rings (SSSR count). The van der Waals surface area contributed by atoms with E-state index < -0.39 is 0 Å². The fraction of sp³-hybridized carbons (Fsp3) is 0.400. The molecule has 2 aromatic rings. The zero-order valence-electron chi connectivity index (χ0n) is 10.6. The van der Waals surface area contributed by atoms with Gasteiger partial charge in [0.1, 0.15) is 0 Å². The molecule has 94 valence electrons. The van der Waals surface area contributed by atoms with E-state index >= 15 is 0 Å². The predicted octanol–water partition coefficient (Wildman–Crippen LogP) is 2.65.